The normalized spacial score (nSPS) is 19.3. The lowest BCUT2D eigenvalue weighted by Gasteiger charge is -2.23. The van der Waals surface area contributed by atoms with E-state index in [1.54, 1.807) is 6.20 Å². The molecule has 0 amide bonds. The summed E-state index contributed by atoms with van der Waals surface area (Å²) in [5.41, 5.74) is 8.29. The highest BCUT2D eigenvalue weighted by atomic mass is 16.1. The van der Waals surface area contributed by atoms with Crippen molar-refractivity contribution in [1.82, 2.24) is 14.5 Å². The van der Waals surface area contributed by atoms with Crippen molar-refractivity contribution in [3.05, 3.63) is 22.1 Å². The Morgan fingerprint density at radius 2 is 1.85 bits per heavy atom. The Bertz CT molecular complexity index is 847. The highest BCUT2D eigenvalue weighted by Crippen LogP contribution is 2.32. The number of nitrogens with two attached hydrogens (primary N) is 1. The lowest BCUT2D eigenvalue weighted by molar-refractivity contribution is 0.460. The monoisotopic (exact) mass is 355 g/mol. The Labute approximate surface area is 154 Å². The van der Waals surface area contributed by atoms with Crippen LogP contribution in [0, 0.1) is 0 Å². The zero-order chi connectivity index (χ0) is 18.1. The van der Waals surface area contributed by atoms with Gasteiger partial charge in [-0.05, 0) is 32.1 Å². The van der Waals surface area contributed by atoms with Gasteiger partial charge in [-0.25, -0.2) is 4.98 Å². The SMILES string of the molecule is CCc1c(N)c2cnc(NC3CCCCC3)nc2n(C2CCCC2)c1=O. The fourth-order valence-corrected chi connectivity index (χ4v) is 4.61. The third-order valence-corrected chi connectivity index (χ3v) is 6.07. The molecule has 0 unspecified atom stereocenters. The van der Waals surface area contributed by atoms with Gasteiger partial charge < -0.3 is 11.1 Å². The van der Waals surface area contributed by atoms with Gasteiger partial charge in [0.2, 0.25) is 5.95 Å². The standard InChI is InChI=1S/C20H29N5O/c1-2-15-17(21)16-12-22-20(23-13-8-4-3-5-9-13)24-18(16)25(19(15)26)14-10-6-7-11-14/h12-14H,2-11,21H2,1H3,(H,22,23,24). The van der Waals surface area contributed by atoms with Crippen LogP contribution in [0.25, 0.3) is 11.0 Å². The second-order valence-corrected chi connectivity index (χ2v) is 7.77. The van der Waals surface area contributed by atoms with E-state index in [1.165, 1.54) is 32.1 Å². The van der Waals surface area contributed by atoms with E-state index >= 15 is 0 Å². The van der Waals surface area contributed by atoms with Crippen LogP contribution in [0.1, 0.15) is 76.3 Å². The van der Waals surface area contributed by atoms with E-state index in [4.69, 9.17) is 10.7 Å². The molecule has 2 aromatic heterocycles. The molecule has 0 bridgehead atoms. The van der Waals surface area contributed by atoms with E-state index in [1.807, 2.05) is 11.5 Å². The predicted octanol–water partition coefficient (Wildman–Crippen LogP) is 3.80. The van der Waals surface area contributed by atoms with Crippen LogP contribution in [0.2, 0.25) is 0 Å². The van der Waals surface area contributed by atoms with Gasteiger partial charge in [0.15, 0.2) is 5.65 Å². The third kappa shape index (κ3) is 3.06. The third-order valence-electron chi connectivity index (χ3n) is 6.07. The van der Waals surface area contributed by atoms with Crippen LogP contribution < -0.4 is 16.6 Å². The van der Waals surface area contributed by atoms with Gasteiger partial charge in [-0.3, -0.25) is 9.36 Å². The second kappa shape index (κ2) is 7.25. The smallest absolute Gasteiger partial charge is 0.257 e. The van der Waals surface area contributed by atoms with E-state index < -0.39 is 0 Å². The van der Waals surface area contributed by atoms with Crippen molar-refractivity contribution in [3.63, 3.8) is 0 Å². The van der Waals surface area contributed by atoms with Crippen LogP contribution >= 0.6 is 0 Å². The number of fused-ring (bicyclic) bond motifs is 1. The Kier molecular flexibility index (Phi) is 4.83. The van der Waals surface area contributed by atoms with Gasteiger partial charge in [0.1, 0.15) is 0 Å². The Balaban J connectivity index is 1.81. The molecule has 2 aliphatic rings. The second-order valence-electron chi connectivity index (χ2n) is 7.77. The molecule has 2 saturated carbocycles. The first-order valence-electron chi connectivity index (χ1n) is 10.1. The first-order valence-corrected chi connectivity index (χ1v) is 10.1. The van der Waals surface area contributed by atoms with E-state index in [9.17, 15) is 4.79 Å². The maximum Gasteiger partial charge on any atom is 0.257 e. The highest BCUT2D eigenvalue weighted by molar-refractivity contribution is 5.89. The van der Waals surface area contributed by atoms with Gasteiger partial charge in [0.25, 0.3) is 5.56 Å². The number of nitrogens with zero attached hydrogens (tertiary/aromatic N) is 3. The van der Waals surface area contributed by atoms with Crippen LogP contribution in [0.5, 0.6) is 0 Å². The molecule has 0 saturated heterocycles. The van der Waals surface area contributed by atoms with Gasteiger partial charge in [-0.1, -0.05) is 39.0 Å². The topological polar surface area (TPSA) is 85.8 Å². The maximum absolute atomic E-state index is 13.1. The number of rotatable bonds is 4. The molecule has 26 heavy (non-hydrogen) atoms. The van der Waals surface area contributed by atoms with Crippen LogP contribution in [-0.2, 0) is 6.42 Å². The average molecular weight is 355 g/mol. The summed E-state index contributed by atoms with van der Waals surface area (Å²) < 4.78 is 1.91. The molecule has 0 aromatic carbocycles. The summed E-state index contributed by atoms with van der Waals surface area (Å²) in [7, 11) is 0. The van der Waals surface area contributed by atoms with Gasteiger partial charge >= 0.3 is 0 Å². The summed E-state index contributed by atoms with van der Waals surface area (Å²) in [5, 5.41) is 4.29. The predicted molar refractivity (Wildman–Crippen MR) is 106 cm³/mol. The molecule has 0 aliphatic heterocycles. The molecular formula is C20H29N5O. The zero-order valence-electron chi connectivity index (χ0n) is 15.6. The lowest BCUT2D eigenvalue weighted by Crippen LogP contribution is -2.29. The van der Waals surface area contributed by atoms with E-state index in [0.717, 1.165) is 31.1 Å². The molecule has 3 N–H and O–H groups in total. The summed E-state index contributed by atoms with van der Waals surface area (Å²) in [6, 6.07) is 0.661. The number of nitrogens with one attached hydrogen (secondary N) is 1. The van der Waals surface area contributed by atoms with E-state index in [-0.39, 0.29) is 11.6 Å². The minimum Gasteiger partial charge on any atom is -0.398 e. The fourth-order valence-electron chi connectivity index (χ4n) is 4.61. The molecule has 0 radical (unpaired) electrons. The molecule has 2 fully saturated rings. The van der Waals surface area contributed by atoms with Crippen molar-refractivity contribution < 1.29 is 0 Å². The zero-order valence-corrected chi connectivity index (χ0v) is 15.6. The molecule has 140 valence electrons. The molecule has 4 rings (SSSR count). The molecule has 2 heterocycles. The Morgan fingerprint density at radius 3 is 2.54 bits per heavy atom. The summed E-state index contributed by atoms with van der Waals surface area (Å²) in [6.45, 7) is 1.98. The van der Waals surface area contributed by atoms with Crippen molar-refractivity contribution in [2.75, 3.05) is 11.1 Å². The summed E-state index contributed by atoms with van der Waals surface area (Å²) >= 11 is 0. The van der Waals surface area contributed by atoms with Crippen molar-refractivity contribution >= 4 is 22.7 Å². The first-order chi connectivity index (χ1) is 12.7. The minimum atomic E-state index is 0.0340. The van der Waals surface area contributed by atoms with Crippen molar-refractivity contribution in [2.45, 2.75) is 83.2 Å². The average Bonchev–Trinajstić information content (AvgIpc) is 3.17. The number of aromatic nitrogens is 3. The summed E-state index contributed by atoms with van der Waals surface area (Å²) in [5.74, 6) is 0.624. The van der Waals surface area contributed by atoms with Gasteiger partial charge in [-0.2, -0.15) is 4.98 Å². The molecule has 2 aliphatic carbocycles. The van der Waals surface area contributed by atoms with Crippen molar-refractivity contribution in [3.8, 4) is 0 Å². The number of nitrogen functional groups attached to an aromatic ring is 1. The quantitative estimate of drug-likeness (QED) is 0.871. The van der Waals surface area contributed by atoms with E-state index in [0.29, 0.717) is 35.3 Å². The first kappa shape index (κ1) is 17.3. The number of hydrogen-bond donors (Lipinski definition) is 2. The summed E-state index contributed by atoms with van der Waals surface area (Å²) in [4.78, 5) is 22.4. The molecular weight excluding hydrogens is 326 g/mol. The Morgan fingerprint density at radius 1 is 1.15 bits per heavy atom. The fraction of sp³-hybridized carbons (Fsp3) is 0.650. The van der Waals surface area contributed by atoms with Crippen molar-refractivity contribution in [2.24, 2.45) is 0 Å². The number of hydrogen-bond acceptors (Lipinski definition) is 5. The largest absolute Gasteiger partial charge is 0.398 e. The van der Waals surface area contributed by atoms with E-state index in [2.05, 4.69) is 10.3 Å². The summed E-state index contributed by atoms with van der Waals surface area (Å²) in [6.07, 6.45) is 13.0. The molecule has 6 heteroatoms. The van der Waals surface area contributed by atoms with Crippen molar-refractivity contribution in [1.29, 1.82) is 0 Å². The van der Waals surface area contributed by atoms with Crippen LogP contribution in [-0.4, -0.2) is 20.6 Å². The van der Waals surface area contributed by atoms with Crippen LogP contribution in [0.15, 0.2) is 11.0 Å². The molecule has 0 atom stereocenters. The van der Waals surface area contributed by atoms with Crippen LogP contribution in [0.4, 0.5) is 11.6 Å². The van der Waals surface area contributed by atoms with Gasteiger partial charge in [0, 0.05) is 23.8 Å². The number of pyridine rings is 1. The van der Waals surface area contributed by atoms with Crippen LogP contribution in [0.3, 0.4) is 0 Å². The van der Waals surface area contributed by atoms with Gasteiger partial charge in [-0.15, -0.1) is 0 Å². The minimum absolute atomic E-state index is 0.0340. The Hall–Kier alpha value is -2.11. The molecule has 6 nitrogen and oxygen atoms in total. The maximum atomic E-state index is 13.1. The lowest BCUT2D eigenvalue weighted by atomic mass is 9.96. The highest BCUT2D eigenvalue weighted by Gasteiger charge is 2.24. The molecule has 2 aromatic rings. The number of anilines is 2. The molecule has 0 spiro atoms. The van der Waals surface area contributed by atoms with Gasteiger partial charge in [0.05, 0.1) is 11.1 Å².